The van der Waals surface area contributed by atoms with Gasteiger partial charge in [0.2, 0.25) is 0 Å². The van der Waals surface area contributed by atoms with Gasteiger partial charge in [-0.1, -0.05) is 17.3 Å². The van der Waals surface area contributed by atoms with Crippen molar-refractivity contribution in [3.8, 4) is 5.75 Å². The molecule has 2 aromatic rings. The number of methoxy groups -OCH3 is 1. The van der Waals surface area contributed by atoms with Crippen LogP contribution in [0.25, 0.3) is 0 Å². The number of hydrogen-bond donors (Lipinski definition) is 2. The van der Waals surface area contributed by atoms with E-state index in [4.69, 9.17) is 26.8 Å². The molecule has 4 rings (SSSR count). The van der Waals surface area contributed by atoms with Crippen LogP contribution in [0.15, 0.2) is 46.1 Å². The van der Waals surface area contributed by atoms with Gasteiger partial charge in [0, 0.05) is 17.0 Å². The van der Waals surface area contributed by atoms with E-state index in [2.05, 4.69) is 20.3 Å². The molecule has 0 spiro atoms. The van der Waals surface area contributed by atoms with Crippen LogP contribution in [0.5, 0.6) is 5.75 Å². The standard InChI is InChI=1S/C22H21ClFN5O6S2/c1-33-13-4-2-11(3-5-13)7-34-21(32)17-12(6-23)8-36-20-16(19(31)29(17)20)27-18(30)15(28-35-10-24)14-9-37-22(25)26-14/h2-5,9,16,20H,6-8,10H2,1H3,(H2,25,26)(H,27,30)/t16-,20+/m1/s1. The summed E-state index contributed by atoms with van der Waals surface area (Å²) in [4.78, 5) is 48.6. The van der Waals surface area contributed by atoms with E-state index in [9.17, 15) is 18.8 Å². The maximum Gasteiger partial charge on any atom is 0.355 e. The molecule has 0 unspecified atom stereocenters. The van der Waals surface area contributed by atoms with Crippen molar-refractivity contribution in [3.63, 3.8) is 0 Å². The molecule has 0 bridgehead atoms. The van der Waals surface area contributed by atoms with Crippen LogP contribution in [-0.2, 0) is 30.6 Å². The van der Waals surface area contributed by atoms with E-state index >= 15 is 0 Å². The van der Waals surface area contributed by atoms with E-state index in [0.29, 0.717) is 17.1 Å². The third-order valence-corrected chi connectivity index (χ3v) is 7.74. The third kappa shape index (κ3) is 5.65. The number of fused-ring (bicyclic) bond motifs is 1. The number of β-lactam (4-membered cyclic amide) rings is 1. The van der Waals surface area contributed by atoms with Gasteiger partial charge in [-0.2, -0.15) is 0 Å². The number of benzene rings is 1. The molecule has 2 aliphatic rings. The van der Waals surface area contributed by atoms with Crippen LogP contribution in [0.4, 0.5) is 9.52 Å². The number of aromatic nitrogens is 1. The lowest BCUT2D eigenvalue weighted by molar-refractivity contribution is -0.153. The van der Waals surface area contributed by atoms with Gasteiger partial charge in [-0.25, -0.2) is 14.2 Å². The number of thioether (sulfide) groups is 1. The zero-order valence-corrected chi connectivity index (χ0v) is 21.7. The van der Waals surface area contributed by atoms with E-state index in [0.717, 1.165) is 16.9 Å². The van der Waals surface area contributed by atoms with E-state index < -0.39 is 36.1 Å². The predicted molar refractivity (Wildman–Crippen MR) is 136 cm³/mol. The van der Waals surface area contributed by atoms with Crippen LogP contribution < -0.4 is 15.8 Å². The Bertz CT molecular complexity index is 1250. The number of thiazole rings is 1. The van der Waals surface area contributed by atoms with Crippen molar-refractivity contribution in [1.82, 2.24) is 15.2 Å². The Labute approximate surface area is 223 Å². The van der Waals surface area contributed by atoms with Gasteiger partial charge >= 0.3 is 5.97 Å². The second kappa shape index (κ2) is 11.8. The normalized spacial score (nSPS) is 19.2. The summed E-state index contributed by atoms with van der Waals surface area (Å²) in [5, 5.41) is 7.07. The molecule has 2 aliphatic heterocycles. The molecule has 1 fully saturated rings. The van der Waals surface area contributed by atoms with Crippen molar-refractivity contribution in [2.24, 2.45) is 5.16 Å². The number of ether oxygens (including phenoxy) is 2. The molecular weight excluding hydrogens is 549 g/mol. The number of anilines is 1. The first-order chi connectivity index (χ1) is 17.9. The van der Waals surface area contributed by atoms with Gasteiger partial charge < -0.3 is 25.4 Å². The number of amides is 2. The van der Waals surface area contributed by atoms with Gasteiger partial charge in [0.1, 0.15) is 35.2 Å². The van der Waals surface area contributed by atoms with Gasteiger partial charge in [0.15, 0.2) is 10.8 Å². The summed E-state index contributed by atoms with van der Waals surface area (Å²) < 4.78 is 23.1. The third-order valence-electron chi connectivity index (χ3n) is 5.40. The first-order valence-electron chi connectivity index (χ1n) is 10.7. The number of oxime groups is 1. The first-order valence-corrected chi connectivity index (χ1v) is 13.1. The van der Waals surface area contributed by atoms with Crippen molar-refractivity contribution in [1.29, 1.82) is 0 Å². The summed E-state index contributed by atoms with van der Waals surface area (Å²) in [6.07, 6.45) is 0. The van der Waals surface area contributed by atoms with E-state index in [-0.39, 0.29) is 34.7 Å². The maximum atomic E-state index is 13.1. The molecule has 1 aromatic carbocycles. The largest absolute Gasteiger partial charge is 0.497 e. The minimum atomic E-state index is -1.26. The number of carbonyl (C=O) groups excluding carboxylic acids is 3. The van der Waals surface area contributed by atoms with E-state index in [1.165, 1.54) is 22.0 Å². The van der Waals surface area contributed by atoms with Gasteiger partial charge in [0.05, 0.1) is 7.11 Å². The quantitative estimate of drug-likeness (QED) is 0.144. The fourth-order valence-electron chi connectivity index (χ4n) is 3.61. The van der Waals surface area contributed by atoms with Crippen molar-refractivity contribution < 1.29 is 33.1 Å². The van der Waals surface area contributed by atoms with E-state index in [1.807, 2.05) is 0 Å². The number of hydrogen-bond acceptors (Lipinski definition) is 11. The lowest BCUT2D eigenvalue weighted by Crippen LogP contribution is -2.71. The molecule has 0 saturated carbocycles. The van der Waals surface area contributed by atoms with Gasteiger partial charge in [-0.05, 0) is 23.3 Å². The Hall–Kier alpha value is -3.36. The molecule has 3 N–H and O–H groups in total. The Balaban J connectivity index is 1.46. The van der Waals surface area contributed by atoms with Crippen LogP contribution in [0.3, 0.4) is 0 Å². The molecule has 2 amide bonds. The average Bonchev–Trinajstić information content (AvgIpc) is 3.35. The average molecular weight is 570 g/mol. The second-order valence-electron chi connectivity index (χ2n) is 7.62. The van der Waals surface area contributed by atoms with Crippen molar-refractivity contribution in [3.05, 3.63) is 52.2 Å². The molecule has 11 nitrogen and oxygen atoms in total. The lowest BCUT2D eigenvalue weighted by atomic mass is 10.0. The van der Waals surface area contributed by atoms with E-state index in [1.54, 1.807) is 31.4 Å². The summed E-state index contributed by atoms with van der Waals surface area (Å²) in [7, 11) is 1.55. The predicted octanol–water partition coefficient (Wildman–Crippen LogP) is 2.02. The highest BCUT2D eigenvalue weighted by atomic mass is 35.5. The first kappa shape index (κ1) is 26.7. The molecule has 2 atom stereocenters. The summed E-state index contributed by atoms with van der Waals surface area (Å²) in [6, 6.07) is 6.00. The van der Waals surface area contributed by atoms with Crippen molar-refractivity contribution in [2.75, 3.05) is 31.3 Å². The number of nitrogens with one attached hydrogen (secondary N) is 1. The molecular formula is C22H21ClFN5O6S2. The summed E-state index contributed by atoms with van der Waals surface area (Å²) >= 11 is 8.44. The smallest absolute Gasteiger partial charge is 0.355 e. The number of nitrogens with two attached hydrogens (primary N) is 1. The molecule has 0 radical (unpaired) electrons. The van der Waals surface area contributed by atoms with Crippen LogP contribution >= 0.6 is 34.7 Å². The van der Waals surface area contributed by atoms with Crippen molar-refractivity contribution >= 4 is 63.3 Å². The number of halogens is 2. The summed E-state index contributed by atoms with van der Waals surface area (Å²) in [6.45, 7) is -1.29. The highest BCUT2D eigenvalue weighted by Gasteiger charge is 2.54. The lowest BCUT2D eigenvalue weighted by Gasteiger charge is -2.49. The number of nitrogen functional groups attached to an aromatic ring is 1. The molecule has 15 heteroatoms. The number of rotatable bonds is 10. The van der Waals surface area contributed by atoms with Crippen LogP contribution in [0, 0.1) is 0 Å². The number of alkyl halides is 2. The number of carbonyl (C=O) groups is 3. The highest BCUT2D eigenvalue weighted by Crippen LogP contribution is 2.41. The number of nitrogens with zero attached hydrogens (tertiary/aromatic N) is 3. The minimum Gasteiger partial charge on any atom is -0.497 e. The Morgan fingerprint density at radius 1 is 1.35 bits per heavy atom. The SMILES string of the molecule is COc1ccc(COC(=O)C2=C(CCl)CS[C@H]3[C@H](NC(=O)C(=NOCF)c4csc(N)n4)C(=O)N23)cc1. The Kier molecular flexibility index (Phi) is 8.51. The fraction of sp³-hybridized carbons (Fsp3) is 0.318. The topological polar surface area (TPSA) is 145 Å². The molecule has 0 aliphatic carbocycles. The molecule has 196 valence electrons. The van der Waals surface area contributed by atoms with Gasteiger partial charge in [0.25, 0.3) is 18.7 Å². The zero-order valence-electron chi connectivity index (χ0n) is 19.3. The molecule has 37 heavy (non-hydrogen) atoms. The van der Waals surface area contributed by atoms with Crippen LogP contribution in [0.1, 0.15) is 11.3 Å². The molecule has 1 saturated heterocycles. The Morgan fingerprint density at radius 3 is 2.73 bits per heavy atom. The van der Waals surface area contributed by atoms with Gasteiger partial charge in [-0.15, -0.1) is 34.7 Å². The monoisotopic (exact) mass is 569 g/mol. The summed E-state index contributed by atoms with van der Waals surface area (Å²) in [5.74, 6) is -1.01. The maximum absolute atomic E-state index is 13.1. The summed E-state index contributed by atoms with van der Waals surface area (Å²) in [5.41, 5.74) is 6.67. The minimum absolute atomic E-state index is 0.0208. The zero-order chi connectivity index (χ0) is 26.5. The van der Waals surface area contributed by atoms with Crippen LogP contribution in [0.2, 0.25) is 0 Å². The number of esters is 1. The molecule has 1 aromatic heterocycles. The highest BCUT2D eigenvalue weighted by molar-refractivity contribution is 8.00. The fourth-order valence-corrected chi connectivity index (χ4v) is 5.84. The van der Waals surface area contributed by atoms with Crippen LogP contribution in [-0.4, -0.2) is 70.4 Å². The van der Waals surface area contributed by atoms with Gasteiger partial charge in [-0.3, -0.25) is 14.5 Å². The Morgan fingerprint density at radius 2 is 2.11 bits per heavy atom. The molecule has 3 heterocycles. The van der Waals surface area contributed by atoms with Crippen molar-refractivity contribution in [2.45, 2.75) is 18.0 Å². The second-order valence-corrected chi connectivity index (χ2v) is 9.88.